The molecule has 5 heteroatoms. The van der Waals surface area contributed by atoms with Crippen molar-refractivity contribution in [1.29, 1.82) is 0 Å². The summed E-state index contributed by atoms with van der Waals surface area (Å²) in [5.41, 5.74) is 2.65. The Bertz CT molecular complexity index is 686. The topological polar surface area (TPSA) is 42.4 Å². The van der Waals surface area contributed by atoms with E-state index in [2.05, 4.69) is 11.1 Å². The minimum Gasteiger partial charge on any atom is -0.496 e. The zero-order valence-corrected chi connectivity index (χ0v) is 12.4. The maximum absolute atomic E-state index is 12.9. The monoisotopic (exact) mass is 300 g/mol. The molecule has 0 saturated carbocycles. The minimum atomic E-state index is -0.440. The van der Waals surface area contributed by atoms with Crippen molar-refractivity contribution >= 4 is 5.91 Å². The number of ether oxygens (including phenoxy) is 1. The second-order valence-corrected chi connectivity index (χ2v) is 5.25. The van der Waals surface area contributed by atoms with E-state index in [1.165, 1.54) is 17.7 Å². The Morgan fingerprint density at radius 1 is 1.23 bits per heavy atom. The maximum Gasteiger partial charge on any atom is 0.272 e. The Balaban J connectivity index is 1.79. The average molecular weight is 300 g/mol. The van der Waals surface area contributed by atoms with Crippen molar-refractivity contribution in [3.05, 3.63) is 59.2 Å². The van der Waals surface area contributed by atoms with Gasteiger partial charge in [-0.15, -0.1) is 0 Å². The van der Waals surface area contributed by atoms with Gasteiger partial charge in [-0.25, -0.2) is 9.37 Å². The fourth-order valence-electron chi connectivity index (χ4n) is 2.80. The van der Waals surface area contributed by atoms with Gasteiger partial charge in [-0.2, -0.15) is 0 Å². The molecule has 1 aromatic heterocycles. The number of carbonyl (C=O) groups is 1. The van der Waals surface area contributed by atoms with Crippen LogP contribution in [-0.2, 0) is 12.8 Å². The van der Waals surface area contributed by atoms with Crippen LogP contribution in [0.3, 0.4) is 0 Å². The lowest BCUT2D eigenvalue weighted by Gasteiger charge is -2.19. The number of carbonyl (C=O) groups excluding carboxylic acids is 1. The summed E-state index contributed by atoms with van der Waals surface area (Å²) in [4.78, 5) is 18.1. The van der Waals surface area contributed by atoms with Gasteiger partial charge >= 0.3 is 0 Å². The van der Waals surface area contributed by atoms with Crippen LogP contribution in [0.4, 0.5) is 4.39 Å². The molecule has 1 aliphatic heterocycles. The predicted molar refractivity (Wildman–Crippen MR) is 80.5 cm³/mol. The molecule has 1 aliphatic rings. The number of halogens is 1. The molecule has 2 heterocycles. The molecule has 1 aromatic carbocycles. The van der Waals surface area contributed by atoms with Crippen LogP contribution in [0, 0.1) is 5.82 Å². The van der Waals surface area contributed by atoms with Crippen LogP contribution in [0.15, 0.2) is 36.5 Å². The number of fused-ring (bicyclic) bond motifs is 1. The minimum absolute atomic E-state index is 0.160. The summed E-state index contributed by atoms with van der Waals surface area (Å²) in [6.45, 7) is 1.23. The quantitative estimate of drug-likeness (QED) is 0.855. The van der Waals surface area contributed by atoms with E-state index in [1.54, 1.807) is 12.0 Å². The number of methoxy groups -OCH3 is 1. The van der Waals surface area contributed by atoms with Crippen LogP contribution in [0.1, 0.15) is 21.6 Å². The van der Waals surface area contributed by atoms with Crippen molar-refractivity contribution in [2.45, 2.75) is 12.8 Å². The van der Waals surface area contributed by atoms with Crippen LogP contribution >= 0.6 is 0 Å². The van der Waals surface area contributed by atoms with Gasteiger partial charge in [0.05, 0.1) is 13.3 Å². The van der Waals surface area contributed by atoms with Crippen LogP contribution in [0.5, 0.6) is 5.75 Å². The van der Waals surface area contributed by atoms with E-state index in [9.17, 15) is 9.18 Å². The van der Waals surface area contributed by atoms with E-state index in [0.29, 0.717) is 13.1 Å². The molecule has 114 valence electrons. The molecule has 0 aliphatic carbocycles. The summed E-state index contributed by atoms with van der Waals surface area (Å²) in [6, 6.07) is 8.67. The molecule has 22 heavy (non-hydrogen) atoms. The molecule has 0 spiro atoms. The van der Waals surface area contributed by atoms with Gasteiger partial charge in [-0.1, -0.05) is 12.1 Å². The molecule has 0 saturated heterocycles. The zero-order chi connectivity index (χ0) is 15.5. The first-order chi connectivity index (χ1) is 10.7. The zero-order valence-electron chi connectivity index (χ0n) is 12.4. The van der Waals surface area contributed by atoms with Crippen LogP contribution < -0.4 is 4.74 Å². The standard InChI is InChI=1S/C17H17FN2O2/c1-22-16-4-2-3-12-7-9-20(10-8-14(12)16)17(21)15-6-5-13(18)11-19-15/h2-6,11H,7-10H2,1H3. The third-order valence-electron chi connectivity index (χ3n) is 3.97. The molecular formula is C17H17FN2O2. The number of amides is 1. The fourth-order valence-corrected chi connectivity index (χ4v) is 2.80. The lowest BCUT2D eigenvalue weighted by molar-refractivity contribution is 0.0757. The Labute approximate surface area is 128 Å². The Kier molecular flexibility index (Phi) is 4.04. The Hall–Kier alpha value is -2.43. The van der Waals surface area contributed by atoms with E-state index in [1.807, 2.05) is 12.1 Å². The van der Waals surface area contributed by atoms with Crippen molar-refractivity contribution in [2.75, 3.05) is 20.2 Å². The van der Waals surface area contributed by atoms with Crippen LogP contribution in [-0.4, -0.2) is 36.0 Å². The van der Waals surface area contributed by atoms with Crippen LogP contribution in [0.2, 0.25) is 0 Å². The summed E-state index contributed by atoms with van der Waals surface area (Å²) in [7, 11) is 1.66. The van der Waals surface area contributed by atoms with E-state index in [4.69, 9.17) is 4.74 Å². The third kappa shape index (κ3) is 2.79. The summed E-state index contributed by atoms with van der Waals surface area (Å²) >= 11 is 0. The van der Waals surface area contributed by atoms with Gasteiger partial charge < -0.3 is 9.64 Å². The predicted octanol–water partition coefficient (Wildman–Crippen LogP) is 2.47. The highest BCUT2D eigenvalue weighted by molar-refractivity contribution is 5.92. The molecule has 0 atom stereocenters. The van der Waals surface area contributed by atoms with Gasteiger partial charge in [0.25, 0.3) is 5.91 Å². The first kappa shape index (κ1) is 14.5. The van der Waals surface area contributed by atoms with Gasteiger partial charge in [0.2, 0.25) is 0 Å². The summed E-state index contributed by atoms with van der Waals surface area (Å²) in [5.74, 6) is 0.267. The normalized spacial score (nSPS) is 14.2. The number of hydrogen-bond donors (Lipinski definition) is 0. The van der Waals surface area contributed by atoms with Gasteiger partial charge in [0.1, 0.15) is 17.3 Å². The number of nitrogens with zero attached hydrogens (tertiary/aromatic N) is 2. The summed E-state index contributed by atoms with van der Waals surface area (Å²) in [5, 5.41) is 0. The van der Waals surface area contributed by atoms with Crippen molar-refractivity contribution in [3.63, 3.8) is 0 Å². The molecule has 2 aromatic rings. The van der Waals surface area contributed by atoms with Gasteiger partial charge in [0, 0.05) is 13.1 Å². The molecule has 3 rings (SSSR count). The molecule has 0 radical (unpaired) electrons. The van der Waals surface area contributed by atoms with E-state index < -0.39 is 5.82 Å². The number of benzene rings is 1. The maximum atomic E-state index is 12.9. The van der Waals surface area contributed by atoms with E-state index in [0.717, 1.165) is 30.4 Å². The SMILES string of the molecule is COc1cccc2c1CCN(C(=O)c1ccc(F)cn1)CC2. The highest BCUT2D eigenvalue weighted by Crippen LogP contribution is 2.26. The van der Waals surface area contributed by atoms with Crippen molar-refractivity contribution in [3.8, 4) is 5.75 Å². The fraction of sp³-hybridized carbons (Fsp3) is 0.294. The number of pyridine rings is 1. The molecule has 1 amide bonds. The summed E-state index contributed by atoms with van der Waals surface area (Å²) < 4.78 is 18.3. The van der Waals surface area contributed by atoms with Crippen molar-refractivity contribution in [1.82, 2.24) is 9.88 Å². The average Bonchev–Trinajstić information content (AvgIpc) is 2.77. The first-order valence-corrected chi connectivity index (χ1v) is 7.24. The number of hydrogen-bond acceptors (Lipinski definition) is 3. The van der Waals surface area contributed by atoms with Gasteiger partial charge in [-0.05, 0) is 42.2 Å². The molecule has 0 unspecified atom stereocenters. The van der Waals surface area contributed by atoms with E-state index in [-0.39, 0.29) is 11.6 Å². The first-order valence-electron chi connectivity index (χ1n) is 7.24. The molecule has 0 N–H and O–H groups in total. The van der Waals surface area contributed by atoms with Crippen molar-refractivity contribution in [2.24, 2.45) is 0 Å². The Morgan fingerprint density at radius 2 is 2.05 bits per heavy atom. The number of rotatable bonds is 2. The van der Waals surface area contributed by atoms with Crippen LogP contribution in [0.25, 0.3) is 0 Å². The van der Waals surface area contributed by atoms with Gasteiger partial charge in [-0.3, -0.25) is 4.79 Å². The highest BCUT2D eigenvalue weighted by Gasteiger charge is 2.22. The third-order valence-corrected chi connectivity index (χ3v) is 3.97. The van der Waals surface area contributed by atoms with E-state index >= 15 is 0 Å². The molecule has 0 fully saturated rings. The Morgan fingerprint density at radius 3 is 2.77 bits per heavy atom. The summed E-state index contributed by atoms with van der Waals surface area (Å²) in [6.07, 6.45) is 2.59. The highest BCUT2D eigenvalue weighted by atomic mass is 19.1. The molecule has 4 nitrogen and oxygen atoms in total. The molecule has 0 bridgehead atoms. The lowest BCUT2D eigenvalue weighted by Crippen LogP contribution is -2.33. The number of aromatic nitrogens is 1. The second-order valence-electron chi connectivity index (χ2n) is 5.25. The smallest absolute Gasteiger partial charge is 0.272 e. The molecular weight excluding hydrogens is 283 g/mol. The largest absolute Gasteiger partial charge is 0.496 e. The van der Waals surface area contributed by atoms with Gasteiger partial charge in [0.15, 0.2) is 0 Å². The second kappa shape index (κ2) is 6.13. The van der Waals surface area contributed by atoms with Crippen molar-refractivity contribution < 1.29 is 13.9 Å². The lowest BCUT2D eigenvalue weighted by atomic mass is 10.0.